The van der Waals surface area contributed by atoms with Crippen molar-refractivity contribution in [2.75, 3.05) is 10.9 Å². The first-order valence-electron chi connectivity index (χ1n) is 9.53. The highest BCUT2D eigenvalue weighted by Gasteiger charge is 2.17. The van der Waals surface area contributed by atoms with Gasteiger partial charge in [-0.1, -0.05) is 0 Å². The monoisotopic (exact) mass is 566 g/mol. The number of hydrogen-bond donors (Lipinski definition) is 2. The Hall–Kier alpha value is -4.92. The van der Waals surface area contributed by atoms with Gasteiger partial charge in [-0.3, -0.25) is 40.7 Å². The van der Waals surface area contributed by atoms with Crippen molar-refractivity contribution in [1.29, 1.82) is 0 Å². The Bertz CT molecular complexity index is 1930. The number of nitro benzene ring substituents is 2. The molecule has 198 valence electrons. The summed E-state index contributed by atoms with van der Waals surface area (Å²) in [6.07, 6.45) is 0. The van der Waals surface area contributed by atoms with Crippen LogP contribution in [0.25, 0.3) is 0 Å². The molecule has 0 aromatic heterocycles. The van der Waals surface area contributed by atoms with E-state index in [4.69, 9.17) is 0 Å². The Kier molecular flexibility index (Phi) is 7.44. The van der Waals surface area contributed by atoms with Crippen LogP contribution >= 0.6 is 0 Å². The van der Waals surface area contributed by atoms with Crippen molar-refractivity contribution in [3.63, 3.8) is 0 Å². The van der Waals surface area contributed by atoms with Gasteiger partial charge >= 0.3 is 0 Å². The van der Waals surface area contributed by atoms with Gasteiger partial charge in [-0.2, -0.15) is 10.2 Å². The quantitative estimate of drug-likeness (QED) is 0.183. The van der Waals surface area contributed by atoms with Crippen LogP contribution in [-0.4, -0.2) is 35.8 Å². The van der Waals surface area contributed by atoms with Gasteiger partial charge in [0.05, 0.1) is 31.0 Å². The topological polar surface area (TPSA) is 284 Å². The van der Waals surface area contributed by atoms with E-state index in [2.05, 4.69) is 15.6 Å². The van der Waals surface area contributed by atoms with Crippen LogP contribution in [0.3, 0.4) is 0 Å². The maximum atomic E-state index is 12.7. The average molecular weight is 566 g/mol. The normalized spacial score (nSPS) is 12.8. The first kappa shape index (κ1) is 27.7. The Labute approximate surface area is 209 Å². The summed E-state index contributed by atoms with van der Waals surface area (Å²) in [6.45, 7) is 0. The molecule has 18 nitrogen and oxygen atoms in total. The molecule has 0 radical (unpaired) electrons. The van der Waals surface area contributed by atoms with E-state index < -0.39 is 84.2 Å². The molecule has 3 aromatic rings. The van der Waals surface area contributed by atoms with Gasteiger partial charge in [-0.05, 0) is 24.3 Å². The molecular weight excluding hydrogens is 556 g/mol. The Morgan fingerprint density at radius 2 is 1.13 bits per heavy atom. The number of rotatable bonds is 8. The third kappa shape index (κ3) is 6.07. The fourth-order valence-corrected chi connectivity index (χ4v) is 4.12. The van der Waals surface area contributed by atoms with E-state index in [0.717, 1.165) is 36.4 Å². The molecule has 38 heavy (non-hydrogen) atoms. The zero-order valence-electron chi connectivity index (χ0n) is 18.1. The van der Waals surface area contributed by atoms with Crippen LogP contribution in [0.4, 0.5) is 22.7 Å². The molecule has 0 spiro atoms. The van der Waals surface area contributed by atoms with E-state index >= 15 is 0 Å². The lowest BCUT2D eigenvalue weighted by atomic mass is 10.3. The van der Waals surface area contributed by atoms with Gasteiger partial charge in [-0.15, -0.1) is 0 Å². The molecule has 3 rings (SSSR count). The van der Waals surface area contributed by atoms with Crippen LogP contribution in [0.5, 0.6) is 0 Å². The lowest BCUT2D eigenvalue weighted by Crippen LogP contribution is -2.48. The van der Waals surface area contributed by atoms with Crippen molar-refractivity contribution in [3.05, 3.63) is 99.9 Å². The second-order valence-corrected chi connectivity index (χ2v) is 9.69. The summed E-state index contributed by atoms with van der Waals surface area (Å²) < 4.78 is 69.0. The highest BCUT2D eigenvalue weighted by molar-refractivity contribution is 7.86. The van der Waals surface area contributed by atoms with Crippen molar-refractivity contribution in [3.8, 4) is 0 Å². The van der Waals surface area contributed by atoms with Crippen LogP contribution < -0.4 is 32.4 Å². The highest BCUT2D eigenvalue weighted by Crippen LogP contribution is 2.27. The first-order chi connectivity index (χ1) is 17.6. The fourth-order valence-electron chi connectivity index (χ4n) is 2.82. The summed E-state index contributed by atoms with van der Waals surface area (Å²) in [6, 6.07) is 5.90. The van der Waals surface area contributed by atoms with Crippen molar-refractivity contribution in [2.45, 2.75) is 9.79 Å². The molecule has 0 aliphatic rings. The van der Waals surface area contributed by atoms with E-state index in [9.17, 15) is 55.8 Å². The average Bonchev–Trinajstić information content (AvgIpc) is 2.82. The number of nitrogens with zero attached hydrogens (tertiary/aromatic N) is 4. The molecule has 0 amide bonds. The van der Waals surface area contributed by atoms with Gasteiger partial charge in [-0.25, -0.2) is 16.8 Å². The van der Waals surface area contributed by atoms with Gasteiger partial charge < -0.3 is 9.11 Å². The van der Waals surface area contributed by atoms with Crippen molar-refractivity contribution < 1.29 is 35.8 Å². The maximum Gasteiger partial charge on any atom is 0.270 e. The molecular formula is C18H10N6O12S2-2. The molecule has 0 bridgehead atoms. The van der Waals surface area contributed by atoms with Crippen molar-refractivity contribution >= 4 is 43.0 Å². The minimum Gasteiger partial charge on any atom is -0.744 e. The van der Waals surface area contributed by atoms with Crippen LogP contribution in [0, 0.1) is 20.2 Å². The van der Waals surface area contributed by atoms with Crippen molar-refractivity contribution in [1.82, 2.24) is 0 Å². The standard InChI is InChI=1S/C18H12N6O12S2/c25-14-6-5-13(21-19-11-3-1-9(23(27)28)7-15(11)37(31,32)33)18(26)17(14)22-20-12-4-2-10(24(29)30)8-16(12)38(34,35)36/h1-8,19-20H,(H,31,32,33)(H,34,35,36)/p-2/b21-13+,22-17?. The predicted octanol–water partition coefficient (Wildman–Crippen LogP) is -1.24. The Balaban J connectivity index is 2.09. The van der Waals surface area contributed by atoms with Crippen LogP contribution in [0.1, 0.15) is 0 Å². The molecule has 0 saturated heterocycles. The van der Waals surface area contributed by atoms with Gasteiger partial charge in [0.25, 0.3) is 11.4 Å². The second kappa shape index (κ2) is 10.2. The van der Waals surface area contributed by atoms with Crippen LogP contribution in [0.2, 0.25) is 0 Å². The number of non-ortho nitro benzene ring substituents is 2. The number of nitro groups is 2. The third-order valence-corrected chi connectivity index (χ3v) is 6.30. The molecule has 0 saturated carbocycles. The lowest BCUT2D eigenvalue weighted by molar-refractivity contribution is -0.385. The van der Waals surface area contributed by atoms with E-state index in [1.54, 1.807) is 0 Å². The van der Waals surface area contributed by atoms with Gasteiger partial charge in [0.15, 0.2) is 5.36 Å². The largest absolute Gasteiger partial charge is 0.744 e. The summed E-state index contributed by atoms with van der Waals surface area (Å²) >= 11 is 0. The maximum absolute atomic E-state index is 12.7. The van der Waals surface area contributed by atoms with Gasteiger partial charge in [0.1, 0.15) is 25.6 Å². The molecule has 0 fully saturated rings. The fraction of sp³-hybridized carbons (Fsp3) is 0. The number of hydrogen-bond acceptors (Lipinski definition) is 16. The molecule has 3 aromatic carbocycles. The number of benzene rings is 3. The minimum absolute atomic E-state index is 0.442. The lowest BCUT2D eigenvalue weighted by Gasteiger charge is -2.12. The van der Waals surface area contributed by atoms with E-state index in [-0.39, 0.29) is 0 Å². The van der Waals surface area contributed by atoms with E-state index in [1.165, 1.54) is 0 Å². The first-order valence-corrected chi connectivity index (χ1v) is 12.3. The molecule has 0 heterocycles. The summed E-state index contributed by atoms with van der Waals surface area (Å²) in [5, 5.41) is 27.3. The van der Waals surface area contributed by atoms with Gasteiger partial charge in [0.2, 0.25) is 10.9 Å². The van der Waals surface area contributed by atoms with E-state index in [1.807, 2.05) is 5.43 Å². The third-order valence-electron chi connectivity index (χ3n) is 4.55. The Morgan fingerprint density at radius 1 is 0.684 bits per heavy atom. The number of nitrogens with one attached hydrogen (secondary N) is 2. The number of anilines is 2. The zero-order chi connectivity index (χ0) is 28.4. The summed E-state index contributed by atoms with van der Waals surface area (Å²) in [5.41, 5.74) is -0.703. The summed E-state index contributed by atoms with van der Waals surface area (Å²) in [5.74, 6) is 0. The molecule has 0 unspecified atom stereocenters. The molecule has 0 aliphatic carbocycles. The molecule has 2 N–H and O–H groups in total. The summed E-state index contributed by atoms with van der Waals surface area (Å²) in [4.78, 5) is 42.5. The van der Waals surface area contributed by atoms with Crippen LogP contribution in [-0.2, 0) is 20.2 Å². The van der Waals surface area contributed by atoms with Crippen molar-refractivity contribution in [2.24, 2.45) is 10.2 Å². The molecule has 0 atom stereocenters. The summed E-state index contributed by atoms with van der Waals surface area (Å²) in [7, 11) is -10.5. The van der Waals surface area contributed by atoms with Gasteiger partial charge in [0, 0.05) is 24.3 Å². The smallest absolute Gasteiger partial charge is 0.270 e. The van der Waals surface area contributed by atoms with E-state index in [0.29, 0.717) is 12.1 Å². The Morgan fingerprint density at radius 3 is 1.55 bits per heavy atom. The molecule has 20 heteroatoms. The SMILES string of the molecule is O=c1cc/c(=N\Nc2ccc([N+](=O)[O-])cc2S(=O)(=O)[O-])c(=O)c1=NNc1ccc([N+](=O)[O-])cc1S(=O)(=O)[O-]. The minimum atomic E-state index is -5.26. The van der Waals surface area contributed by atoms with Crippen LogP contribution in [0.15, 0.2) is 78.1 Å². The molecule has 0 aliphatic heterocycles. The predicted molar refractivity (Wildman–Crippen MR) is 122 cm³/mol. The zero-order valence-corrected chi connectivity index (χ0v) is 19.8. The highest BCUT2D eigenvalue weighted by atomic mass is 32.2. The second-order valence-electron chi connectivity index (χ2n) is 6.99.